The summed E-state index contributed by atoms with van der Waals surface area (Å²) in [4.78, 5) is 36.8. The summed E-state index contributed by atoms with van der Waals surface area (Å²) in [5.41, 5.74) is 1.43. The fraction of sp³-hybridized carbons (Fsp3) is 0.500. The third-order valence-corrected chi connectivity index (χ3v) is 4.63. The van der Waals surface area contributed by atoms with Crippen LogP contribution in [-0.4, -0.2) is 47.5 Å². The lowest BCUT2D eigenvalue weighted by Gasteiger charge is -2.37. The molecule has 2 atom stereocenters. The van der Waals surface area contributed by atoms with Crippen molar-refractivity contribution in [1.29, 1.82) is 0 Å². The Hall–Kier alpha value is -2.37. The van der Waals surface area contributed by atoms with E-state index in [1.54, 1.807) is 36.1 Å². The first-order valence-corrected chi connectivity index (χ1v) is 8.13. The van der Waals surface area contributed by atoms with Crippen molar-refractivity contribution in [3.8, 4) is 0 Å². The van der Waals surface area contributed by atoms with Gasteiger partial charge < -0.3 is 14.7 Å². The lowest BCUT2D eigenvalue weighted by molar-refractivity contribution is -0.149. The first kappa shape index (κ1) is 18.0. The highest BCUT2D eigenvalue weighted by Crippen LogP contribution is 2.24. The number of ether oxygens (including phenoxy) is 1. The van der Waals surface area contributed by atoms with Gasteiger partial charge in [0.05, 0.1) is 18.6 Å². The molecule has 0 spiro atoms. The van der Waals surface area contributed by atoms with Crippen LogP contribution in [0.25, 0.3) is 0 Å². The Morgan fingerprint density at radius 3 is 2.50 bits per heavy atom. The number of nitrogens with zero attached hydrogens (tertiary/aromatic N) is 1. The van der Waals surface area contributed by atoms with E-state index < -0.39 is 11.9 Å². The summed E-state index contributed by atoms with van der Waals surface area (Å²) < 4.78 is 4.65. The monoisotopic (exact) mass is 333 g/mol. The largest absolute Gasteiger partial charge is 0.481 e. The minimum absolute atomic E-state index is 0.0227. The summed E-state index contributed by atoms with van der Waals surface area (Å²) in [7, 11) is 1.33. The number of amides is 1. The van der Waals surface area contributed by atoms with Crippen molar-refractivity contribution in [2.45, 2.75) is 38.6 Å². The Kier molecular flexibility index (Phi) is 5.95. The highest BCUT2D eigenvalue weighted by Gasteiger charge is 2.34. The zero-order valence-electron chi connectivity index (χ0n) is 14.0. The third kappa shape index (κ3) is 4.13. The summed E-state index contributed by atoms with van der Waals surface area (Å²) in [6.07, 6.45) is 2.23. The molecule has 0 aliphatic carbocycles. The quantitative estimate of drug-likeness (QED) is 0.835. The number of carboxylic acid groups (broad SMARTS) is 1. The van der Waals surface area contributed by atoms with E-state index in [9.17, 15) is 19.5 Å². The van der Waals surface area contributed by atoms with Gasteiger partial charge in [-0.3, -0.25) is 9.59 Å². The normalized spacial score (nSPS) is 20.5. The number of hydrogen-bond acceptors (Lipinski definition) is 4. The van der Waals surface area contributed by atoms with Crippen LogP contribution in [0.5, 0.6) is 0 Å². The van der Waals surface area contributed by atoms with Crippen LogP contribution in [0.2, 0.25) is 0 Å². The van der Waals surface area contributed by atoms with Crippen LogP contribution in [0.15, 0.2) is 24.3 Å². The van der Waals surface area contributed by atoms with Crippen molar-refractivity contribution in [1.82, 2.24) is 4.90 Å². The van der Waals surface area contributed by atoms with E-state index in [1.165, 1.54) is 7.11 Å². The van der Waals surface area contributed by atoms with Crippen LogP contribution in [0.1, 0.15) is 42.1 Å². The summed E-state index contributed by atoms with van der Waals surface area (Å²) >= 11 is 0. The molecule has 1 saturated heterocycles. The Morgan fingerprint density at radius 2 is 1.92 bits per heavy atom. The molecule has 1 aliphatic rings. The zero-order valence-corrected chi connectivity index (χ0v) is 14.0. The topological polar surface area (TPSA) is 83.9 Å². The fourth-order valence-electron chi connectivity index (χ4n) is 3.15. The van der Waals surface area contributed by atoms with Crippen molar-refractivity contribution < 1.29 is 24.2 Å². The second kappa shape index (κ2) is 7.95. The van der Waals surface area contributed by atoms with Crippen LogP contribution in [-0.2, 0) is 20.7 Å². The van der Waals surface area contributed by atoms with Crippen LogP contribution in [0.3, 0.4) is 0 Å². The molecule has 1 N–H and O–H groups in total. The fourth-order valence-corrected chi connectivity index (χ4v) is 3.15. The number of carboxylic acids is 1. The predicted molar refractivity (Wildman–Crippen MR) is 87.6 cm³/mol. The SMILES string of the molecule is COC(=O)c1ccc(CCC(=O)N2CCC[C@H](C(=O)O)[C@@H]2C)cc1. The van der Waals surface area contributed by atoms with Crippen molar-refractivity contribution >= 4 is 17.8 Å². The first-order valence-electron chi connectivity index (χ1n) is 8.13. The maximum Gasteiger partial charge on any atom is 0.337 e. The van der Waals surface area contributed by atoms with Gasteiger partial charge in [0.2, 0.25) is 5.91 Å². The summed E-state index contributed by atoms with van der Waals surface area (Å²) in [5.74, 6) is -1.73. The van der Waals surface area contributed by atoms with E-state index in [2.05, 4.69) is 4.74 Å². The molecule has 1 amide bonds. The van der Waals surface area contributed by atoms with Crippen molar-refractivity contribution in [3.05, 3.63) is 35.4 Å². The van der Waals surface area contributed by atoms with Crippen molar-refractivity contribution in [3.63, 3.8) is 0 Å². The first-order chi connectivity index (χ1) is 11.4. The molecular weight excluding hydrogens is 310 g/mol. The molecule has 1 heterocycles. The van der Waals surface area contributed by atoms with Crippen LogP contribution >= 0.6 is 0 Å². The van der Waals surface area contributed by atoms with Crippen LogP contribution in [0, 0.1) is 5.92 Å². The average Bonchev–Trinajstić information content (AvgIpc) is 2.59. The molecule has 0 unspecified atom stereocenters. The average molecular weight is 333 g/mol. The molecule has 130 valence electrons. The number of aryl methyl sites for hydroxylation is 1. The number of benzene rings is 1. The van der Waals surface area contributed by atoms with Gasteiger partial charge in [0.1, 0.15) is 0 Å². The van der Waals surface area contributed by atoms with E-state index in [4.69, 9.17) is 0 Å². The summed E-state index contributed by atoms with van der Waals surface area (Å²) in [6, 6.07) is 6.69. The molecule has 1 aliphatic heterocycles. The molecule has 1 fully saturated rings. The van der Waals surface area contributed by atoms with Crippen molar-refractivity contribution in [2.24, 2.45) is 5.92 Å². The number of rotatable bonds is 5. The predicted octanol–water partition coefficient (Wildman–Crippen LogP) is 2.12. The standard InChI is InChI=1S/C18H23NO5/c1-12-15(17(21)22)4-3-11-19(12)16(20)10-7-13-5-8-14(9-6-13)18(23)24-2/h5-6,8-9,12,15H,3-4,7,10-11H2,1-2H3,(H,21,22)/t12-,15-/m0/s1. The second-order valence-corrected chi connectivity index (χ2v) is 6.10. The lowest BCUT2D eigenvalue weighted by atomic mass is 9.90. The van der Waals surface area contributed by atoms with Crippen LogP contribution < -0.4 is 0 Å². The minimum Gasteiger partial charge on any atom is -0.481 e. The second-order valence-electron chi connectivity index (χ2n) is 6.10. The van der Waals surface area contributed by atoms with E-state index in [0.717, 1.165) is 12.0 Å². The van der Waals surface area contributed by atoms with Gasteiger partial charge in [-0.15, -0.1) is 0 Å². The van der Waals surface area contributed by atoms with Gasteiger partial charge in [0.15, 0.2) is 0 Å². The van der Waals surface area contributed by atoms with Gasteiger partial charge in [-0.1, -0.05) is 12.1 Å². The maximum absolute atomic E-state index is 12.4. The maximum atomic E-state index is 12.4. The number of piperidine rings is 1. The van der Waals surface area contributed by atoms with Crippen LogP contribution in [0.4, 0.5) is 0 Å². The van der Waals surface area contributed by atoms with Gasteiger partial charge in [-0.05, 0) is 43.9 Å². The van der Waals surface area contributed by atoms with E-state index >= 15 is 0 Å². The van der Waals surface area contributed by atoms with Gasteiger partial charge >= 0.3 is 11.9 Å². The molecule has 0 aromatic heterocycles. The van der Waals surface area contributed by atoms with E-state index in [-0.39, 0.29) is 17.9 Å². The highest BCUT2D eigenvalue weighted by molar-refractivity contribution is 5.89. The zero-order chi connectivity index (χ0) is 17.7. The minimum atomic E-state index is -0.835. The van der Waals surface area contributed by atoms with E-state index in [1.807, 2.05) is 0 Å². The molecule has 6 nitrogen and oxygen atoms in total. The number of aliphatic carboxylic acids is 1. The number of methoxy groups -OCH3 is 1. The summed E-state index contributed by atoms with van der Waals surface area (Å²) in [5, 5.41) is 9.23. The summed E-state index contributed by atoms with van der Waals surface area (Å²) in [6.45, 7) is 2.42. The Bertz CT molecular complexity index is 610. The van der Waals surface area contributed by atoms with Gasteiger partial charge in [0, 0.05) is 19.0 Å². The molecule has 0 radical (unpaired) electrons. The number of hydrogen-bond donors (Lipinski definition) is 1. The Balaban J connectivity index is 1.92. The molecule has 2 rings (SSSR count). The van der Waals surface area contributed by atoms with Crippen molar-refractivity contribution in [2.75, 3.05) is 13.7 Å². The highest BCUT2D eigenvalue weighted by atomic mass is 16.5. The number of carbonyl (C=O) groups is 3. The lowest BCUT2D eigenvalue weighted by Crippen LogP contribution is -2.49. The molecule has 0 bridgehead atoms. The number of carbonyl (C=O) groups excluding carboxylic acids is 2. The molecule has 1 aromatic carbocycles. The number of esters is 1. The third-order valence-electron chi connectivity index (χ3n) is 4.63. The molecule has 6 heteroatoms. The molecular formula is C18H23NO5. The molecule has 1 aromatic rings. The molecule has 24 heavy (non-hydrogen) atoms. The molecule has 0 saturated carbocycles. The van der Waals surface area contributed by atoms with E-state index in [0.29, 0.717) is 31.4 Å². The smallest absolute Gasteiger partial charge is 0.337 e. The number of likely N-dealkylation sites (tertiary alicyclic amines) is 1. The Morgan fingerprint density at radius 1 is 1.25 bits per heavy atom. The van der Waals surface area contributed by atoms with Gasteiger partial charge in [-0.2, -0.15) is 0 Å². The van der Waals surface area contributed by atoms with Gasteiger partial charge in [-0.25, -0.2) is 4.79 Å². The van der Waals surface area contributed by atoms with Gasteiger partial charge in [0.25, 0.3) is 0 Å². The Labute approximate surface area is 141 Å².